The number of rotatable bonds is 6. The Morgan fingerprint density at radius 1 is 1.25 bits per heavy atom. The van der Waals surface area contributed by atoms with E-state index in [9.17, 15) is 0 Å². The lowest BCUT2D eigenvalue weighted by molar-refractivity contribution is 0.0170. The molecule has 0 aromatic heterocycles. The van der Waals surface area contributed by atoms with Gasteiger partial charge in [0.2, 0.25) is 0 Å². The molecule has 2 N–H and O–H groups in total. The van der Waals surface area contributed by atoms with Crippen LogP contribution in [0, 0.1) is 0 Å². The van der Waals surface area contributed by atoms with Crippen LogP contribution in [-0.2, 0) is 4.74 Å². The van der Waals surface area contributed by atoms with Crippen LogP contribution in [0.25, 0.3) is 0 Å². The number of morpholine rings is 1. The number of guanidine groups is 1. The van der Waals surface area contributed by atoms with Crippen molar-refractivity contribution in [3.63, 3.8) is 0 Å². The summed E-state index contributed by atoms with van der Waals surface area (Å²) in [5.41, 5.74) is 1.33. The Kier molecular flexibility index (Phi) is 10.3. The van der Waals surface area contributed by atoms with Gasteiger partial charge < -0.3 is 15.4 Å². The molecule has 0 spiro atoms. The summed E-state index contributed by atoms with van der Waals surface area (Å²) in [4.78, 5) is 6.83. The Morgan fingerprint density at radius 2 is 1.92 bits per heavy atom. The summed E-state index contributed by atoms with van der Waals surface area (Å²) in [6, 6.07) is 11.4. The van der Waals surface area contributed by atoms with Crippen LogP contribution in [0.4, 0.5) is 0 Å². The molecule has 2 atom stereocenters. The van der Waals surface area contributed by atoms with E-state index in [4.69, 9.17) is 4.74 Å². The van der Waals surface area contributed by atoms with Crippen LogP contribution in [0.15, 0.2) is 35.3 Å². The lowest BCUT2D eigenvalue weighted by Crippen LogP contribution is -2.47. The Hall–Kier alpha value is -0.860. The number of benzene rings is 1. The van der Waals surface area contributed by atoms with Gasteiger partial charge in [0.05, 0.1) is 19.3 Å². The van der Waals surface area contributed by atoms with Gasteiger partial charge in [0, 0.05) is 32.7 Å². The lowest BCUT2D eigenvalue weighted by atomic mass is 10.0. The third-order valence-electron chi connectivity index (χ3n) is 4.35. The van der Waals surface area contributed by atoms with Gasteiger partial charge in [-0.15, -0.1) is 24.0 Å². The number of nitrogens with zero attached hydrogens (tertiary/aromatic N) is 2. The summed E-state index contributed by atoms with van der Waals surface area (Å²) in [5, 5.41) is 6.91. The van der Waals surface area contributed by atoms with Crippen LogP contribution in [0.5, 0.6) is 0 Å². The molecular weight excluding hydrogens is 415 g/mol. The van der Waals surface area contributed by atoms with Crippen LogP contribution in [0.2, 0.25) is 0 Å². The molecule has 0 amide bonds. The van der Waals surface area contributed by atoms with Gasteiger partial charge in [0.25, 0.3) is 0 Å². The van der Waals surface area contributed by atoms with Crippen molar-refractivity contribution in [2.45, 2.75) is 32.4 Å². The average molecular weight is 446 g/mol. The van der Waals surface area contributed by atoms with Crippen molar-refractivity contribution in [3.05, 3.63) is 35.9 Å². The molecule has 1 aliphatic heterocycles. The molecule has 5 nitrogen and oxygen atoms in total. The first-order valence-corrected chi connectivity index (χ1v) is 8.58. The predicted molar refractivity (Wildman–Crippen MR) is 111 cm³/mol. The maximum atomic E-state index is 5.50. The number of hydrogen-bond donors (Lipinski definition) is 2. The van der Waals surface area contributed by atoms with Gasteiger partial charge in [-0.2, -0.15) is 0 Å². The number of halogens is 1. The number of nitrogens with one attached hydrogen (secondary N) is 2. The first-order valence-electron chi connectivity index (χ1n) is 8.58. The third-order valence-corrected chi connectivity index (χ3v) is 4.35. The smallest absolute Gasteiger partial charge is 0.191 e. The molecule has 0 saturated carbocycles. The van der Waals surface area contributed by atoms with Crippen molar-refractivity contribution < 1.29 is 4.74 Å². The SMILES string of the molecule is CCC(C)NC(=NC)NCC(c1ccccc1)N1CCOCC1.I. The Labute approximate surface area is 163 Å². The zero-order valence-corrected chi connectivity index (χ0v) is 17.3. The van der Waals surface area contributed by atoms with Gasteiger partial charge in [0.1, 0.15) is 0 Å². The average Bonchev–Trinajstić information content (AvgIpc) is 2.62. The fourth-order valence-corrected chi connectivity index (χ4v) is 2.75. The van der Waals surface area contributed by atoms with Crippen LogP contribution in [-0.4, -0.2) is 56.8 Å². The van der Waals surface area contributed by atoms with Crippen molar-refractivity contribution in [2.75, 3.05) is 39.9 Å². The van der Waals surface area contributed by atoms with Gasteiger partial charge in [0.15, 0.2) is 5.96 Å². The predicted octanol–water partition coefficient (Wildman–Crippen LogP) is 2.64. The summed E-state index contributed by atoms with van der Waals surface area (Å²) in [6.07, 6.45) is 1.08. The summed E-state index contributed by atoms with van der Waals surface area (Å²) < 4.78 is 5.50. The van der Waals surface area contributed by atoms with Gasteiger partial charge in [-0.3, -0.25) is 9.89 Å². The van der Waals surface area contributed by atoms with Crippen LogP contribution in [0.3, 0.4) is 0 Å². The second kappa shape index (κ2) is 11.7. The Bertz CT molecular complexity index is 477. The highest BCUT2D eigenvalue weighted by molar-refractivity contribution is 14.0. The van der Waals surface area contributed by atoms with E-state index in [1.165, 1.54) is 5.56 Å². The van der Waals surface area contributed by atoms with Gasteiger partial charge >= 0.3 is 0 Å². The van der Waals surface area contributed by atoms with E-state index in [1.54, 1.807) is 0 Å². The topological polar surface area (TPSA) is 48.9 Å². The Morgan fingerprint density at radius 3 is 2.50 bits per heavy atom. The maximum Gasteiger partial charge on any atom is 0.191 e. The van der Waals surface area contributed by atoms with Crippen molar-refractivity contribution >= 4 is 29.9 Å². The highest BCUT2D eigenvalue weighted by Gasteiger charge is 2.22. The minimum Gasteiger partial charge on any atom is -0.379 e. The van der Waals surface area contributed by atoms with Crippen molar-refractivity contribution in [2.24, 2.45) is 4.99 Å². The summed E-state index contributed by atoms with van der Waals surface area (Å²) in [6.45, 7) is 8.73. The van der Waals surface area contributed by atoms with Crippen molar-refractivity contribution in [1.29, 1.82) is 0 Å². The monoisotopic (exact) mass is 446 g/mol. The summed E-state index contributed by atoms with van der Waals surface area (Å²) >= 11 is 0. The van der Waals surface area contributed by atoms with Crippen molar-refractivity contribution in [3.8, 4) is 0 Å². The molecule has 2 unspecified atom stereocenters. The van der Waals surface area contributed by atoms with Gasteiger partial charge in [-0.25, -0.2) is 0 Å². The van der Waals surface area contributed by atoms with Gasteiger partial charge in [-0.05, 0) is 18.9 Å². The van der Waals surface area contributed by atoms with E-state index < -0.39 is 0 Å². The van der Waals surface area contributed by atoms with E-state index in [1.807, 2.05) is 7.05 Å². The molecule has 2 rings (SSSR count). The summed E-state index contributed by atoms with van der Waals surface area (Å²) in [5.74, 6) is 0.869. The lowest BCUT2D eigenvalue weighted by Gasteiger charge is -2.35. The maximum absolute atomic E-state index is 5.50. The molecule has 24 heavy (non-hydrogen) atoms. The molecule has 1 saturated heterocycles. The zero-order valence-electron chi connectivity index (χ0n) is 15.0. The van der Waals surface area contributed by atoms with E-state index in [-0.39, 0.29) is 24.0 Å². The minimum atomic E-state index is 0. The fourth-order valence-electron chi connectivity index (χ4n) is 2.75. The number of ether oxygens (including phenoxy) is 1. The molecule has 1 aromatic rings. The quantitative estimate of drug-likeness (QED) is 0.401. The highest BCUT2D eigenvalue weighted by atomic mass is 127. The van der Waals surface area contributed by atoms with Gasteiger partial charge in [-0.1, -0.05) is 37.3 Å². The Balaban J connectivity index is 0.00000288. The van der Waals surface area contributed by atoms with Crippen LogP contribution >= 0.6 is 24.0 Å². The zero-order chi connectivity index (χ0) is 16.5. The molecular formula is C18H31IN4O. The minimum absolute atomic E-state index is 0. The molecule has 0 bridgehead atoms. The molecule has 6 heteroatoms. The van der Waals surface area contributed by atoms with Crippen LogP contribution < -0.4 is 10.6 Å². The standard InChI is InChI=1S/C18H30N4O.HI/c1-4-15(2)21-18(19-3)20-14-17(16-8-6-5-7-9-16)22-10-12-23-13-11-22;/h5-9,15,17H,4,10-14H2,1-3H3,(H2,19,20,21);1H. The first-order chi connectivity index (χ1) is 11.2. The third kappa shape index (κ3) is 6.57. The van der Waals surface area contributed by atoms with E-state index in [2.05, 4.69) is 64.7 Å². The summed E-state index contributed by atoms with van der Waals surface area (Å²) in [7, 11) is 1.82. The first kappa shape index (κ1) is 21.2. The molecule has 136 valence electrons. The normalized spacial score (nSPS) is 18.4. The van der Waals surface area contributed by atoms with E-state index >= 15 is 0 Å². The largest absolute Gasteiger partial charge is 0.379 e. The molecule has 1 heterocycles. The van der Waals surface area contributed by atoms with E-state index in [0.29, 0.717) is 12.1 Å². The number of hydrogen-bond acceptors (Lipinski definition) is 3. The molecule has 0 aliphatic carbocycles. The molecule has 1 aliphatic rings. The number of aliphatic imine (C=N–C) groups is 1. The van der Waals surface area contributed by atoms with Crippen molar-refractivity contribution in [1.82, 2.24) is 15.5 Å². The second-order valence-corrected chi connectivity index (χ2v) is 5.98. The molecule has 1 fully saturated rings. The fraction of sp³-hybridized carbons (Fsp3) is 0.611. The van der Waals surface area contributed by atoms with Crippen LogP contribution in [0.1, 0.15) is 31.9 Å². The molecule has 0 radical (unpaired) electrons. The molecule has 1 aromatic carbocycles. The highest BCUT2D eigenvalue weighted by Crippen LogP contribution is 2.20. The van der Waals surface area contributed by atoms with E-state index in [0.717, 1.165) is 45.2 Å². The second-order valence-electron chi connectivity index (χ2n) is 5.98.